The molecule has 0 aromatic heterocycles. The molecular formula is C15H20N2O. The molecule has 2 N–H and O–H groups in total. The summed E-state index contributed by atoms with van der Waals surface area (Å²) in [6.07, 6.45) is 5.31. The molecule has 2 aliphatic heterocycles. The number of benzene rings is 1. The van der Waals surface area contributed by atoms with E-state index in [0.29, 0.717) is 6.42 Å². The lowest BCUT2D eigenvalue weighted by molar-refractivity contribution is -0.116. The van der Waals surface area contributed by atoms with E-state index in [9.17, 15) is 4.79 Å². The summed E-state index contributed by atoms with van der Waals surface area (Å²) in [4.78, 5) is 11.3. The van der Waals surface area contributed by atoms with Crippen molar-refractivity contribution in [3.05, 3.63) is 29.3 Å². The van der Waals surface area contributed by atoms with Gasteiger partial charge in [-0.3, -0.25) is 4.79 Å². The van der Waals surface area contributed by atoms with Crippen molar-refractivity contribution in [3.8, 4) is 0 Å². The fourth-order valence-corrected chi connectivity index (χ4v) is 3.00. The van der Waals surface area contributed by atoms with Crippen LogP contribution in [-0.2, 0) is 17.6 Å². The number of piperidine rings is 1. The normalized spacial score (nSPS) is 23.3. The Bertz CT molecular complexity index is 450. The zero-order chi connectivity index (χ0) is 12.4. The van der Waals surface area contributed by atoms with Crippen molar-refractivity contribution >= 4 is 11.6 Å². The molecule has 18 heavy (non-hydrogen) atoms. The van der Waals surface area contributed by atoms with Gasteiger partial charge in [0.05, 0.1) is 0 Å². The fourth-order valence-electron chi connectivity index (χ4n) is 3.00. The number of fused-ring (bicyclic) bond motifs is 1. The molecule has 1 aromatic rings. The van der Waals surface area contributed by atoms with Gasteiger partial charge >= 0.3 is 0 Å². The molecule has 0 aliphatic carbocycles. The van der Waals surface area contributed by atoms with Crippen molar-refractivity contribution in [1.29, 1.82) is 0 Å². The zero-order valence-electron chi connectivity index (χ0n) is 10.7. The second-order valence-corrected chi connectivity index (χ2v) is 5.46. The maximum absolute atomic E-state index is 11.3. The van der Waals surface area contributed by atoms with Crippen LogP contribution in [0.4, 0.5) is 5.69 Å². The molecule has 0 saturated carbocycles. The van der Waals surface area contributed by atoms with Crippen LogP contribution >= 0.6 is 0 Å². The lowest BCUT2D eigenvalue weighted by Crippen LogP contribution is -2.30. The molecule has 2 heterocycles. The van der Waals surface area contributed by atoms with E-state index in [1.165, 1.54) is 30.5 Å². The molecule has 1 unspecified atom stereocenters. The highest BCUT2D eigenvalue weighted by atomic mass is 16.1. The number of anilines is 1. The lowest BCUT2D eigenvalue weighted by Gasteiger charge is -2.24. The summed E-state index contributed by atoms with van der Waals surface area (Å²) in [5, 5.41) is 6.41. The van der Waals surface area contributed by atoms with E-state index in [1.54, 1.807) is 0 Å². The summed E-state index contributed by atoms with van der Waals surface area (Å²) in [6.45, 7) is 2.32. The SMILES string of the molecule is O=C1CCc2cc(CC3CCCNC3)ccc2N1. The largest absolute Gasteiger partial charge is 0.326 e. The van der Waals surface area contributed by atoms with E-state index < -0.39 is 0 Å². The van der Waals surface area contributed by atoms with Gasteiger partial charge in [0.2, 0.25) is 5.91 Å². The third kappa shape index (κ3) is 2.56. The second-order valence-electron chi connectivity index (χ2n) is 5.46. The van der Waals surface area contributed by atoms with Gasteiger partial charge in [0, 0.05) is 12.1 Å². The number of carbonyl (C=O) groups excluding carboxylic acids is 1. The van der Waals surface area contributed by atoms with Crippen LogP contribution < -0.4 is 10.6 Å². The van der Waals surface area contributed by atoms with Crippen molar-refractivity contribution in [3.63, 3.8) is 0 Å². The maximum atomic E-state index is 11.3. The highest BCUT2D eigenvalue weighted by Gasteiger charge is 2.17. The molecule has 1 amide bonds. The van der Waals surface area contributed by atoms with Crippen LogP contribution in [0.3, 0.4) is 0 Å². The Morgan fingerprint density at radius 2 is 2.22 bits per heavy atom. The summed E-state index contributed by atoms with van der Waals surface area (Å²) in [6, 6.07) is 6.51. The van der Waals surface area contributed by atoms with Gasteiger partial charge in [-0.25, -0.2) is 0 Å². The molecule has 1 aromatic carbocycles. The third-order valence-electron chi connectivity index (χ3n) is 3.99. The van der Waals surface area contributed by atoms with Gasteiger partial charge in [0.1, 0.15) is 0 Å². The lowest BCUT2D eigenvalue weighted by atomic mass is 9.90. The predicted molar refractivity (Wildman–Crippen MR) is 72.7 cm³/mol. The number of rotatable bonds is 2. The van der Waals surface area contributed by atoms with Gasteiger partial charge in [-0.1, -0.05) is 12.1 Å². The van der Waals surface area contributed by atoms with Crippen LogP contribution in [0.1, 0.15) is 30.4 Å². The number of amides is 1. The molecule has 0 spiro atoms. The van der Waals surface area contributed by atoms with Crippen LogP contribution in [0.15, 0.2) is 18.2 Å². The van der Waals surface area contributed by atoms with Gasteiger partial charge in [-0.05, 0) is 61.9 Å². The maximum Gasteiger partial charge on any atom is 0.224 e. The summed E-state index contributed by atoms with van der Waals surface area (Å²) in [5.41, 5.74) is 3.73. The molecule has 3 rings (SSSR count). The highest BCUT2D eigenvalue weighted by Crippen LogP contribution is 2.25. The summed E-state index contributed by atoms with van der Waals surface area (Å²) >= 11 is 0. The van der Waals surface area contributed by atoms with Crippen molar-refractivity contribution < 1.29 is 4.79 Å². The Morgan fingerprint density at radius 1 is 1.28 bits per heavy atom. The Morgan fingerprint density at radius 3 is 3.06 bits per heavy atom. The first kappa shape index (κ1) is 11.7. The number of hydrogen-bond acceptors (Lipinski definition) is 2. The van der Waals surface area contributed by atoms with Gasteiger partial charge in [-0.15, -0.1) is 0 Å². The summed E-state index contributed by atoms with van der Waals surface area (Å²) in [5.74, 6) is 0.918. The minimum absolute atomic E-state index is 0.145. The van der Waals surface area contributed by atoms with E-state index in [1.807, 2.05) is 0 Å². The molecule has 3 nitrogen and oxygen atoms in total. The Balaban J connectivity index is 1.71. The van der Waals surface area contributed by atoms with E-state index in [2.05, 4.69) is 28.8 Å². The van der Waals surface area contributed by atoms with E-state index in [-0.39, 0.29) is 5.91 Å². The minimum Gasteiger partial charge on any atom is -0.326 e. The van der Waals surface area contributed by atoms with Crippen LogP contribution in [0.25, 0.3) is 0 Å². The highest BCUT2D eigenvalue weighted by molar-refractivity contribution is 5.93. The fraction of sp³-hybridized carbons (Fsp3) is 0.533. The van der Waals surface area contributed by atoms with Gasteiger partial charge in [0.15, 0.2) is 0 Å². The number of nitrogens with one attached hydrogen (secondary N) is 2. The third-order valence-corrected chi connectivity index (χ3v) is 3.99. The Kier molecular flexibility index (Phi) is 3.33. The first-order valence-corrected chi connectivity index (χ1v) is 6.93. The topological polar surface area (TPSA) is 41.1 Å². The van der Waals surface area contributed by atoms with Crippen molar-refractivity contribution in [1.82, 2.24) is 5.32 Å². The number of aryl methyl sites for hydroxylation is 1. The first-order chi connectivity index (χ1) is 8.81. The van der Waals surface area contributed by atoms with Crippen LogP contribution in [-0.4, -0.2) is 19.0 Å². The standard InChI is InChI=1S/C15H20N2O/c18-15-6-4-13-9-11(3-5-14(13)17-15)8-12-2-1-7-16-10-12/h3,5,9,12,16H,1-2,4,6-8,10H2,(H,17,18). The van der Waals surface area contributed by atoms with Crippen LogP contribution in [0, 0.1) is 5.92 Å². The van der Waals surface area contributed by atoms with Crippen molar-refractivity contribution in [2.24, 2.45) is 5.92 Å². The molecular weight excluding hydrogens is 224 g/mol. The van der Waals surface area contributed by atoms with E-state index in [4.69, 9.17) is 0 Å². The molecule has 3 heteroatoms. The van der Waals surface area contributed by atoms with Crippen molar-refractivity contribution in [2.75, 3.05) is 18.4 Å². The summed E-state index contributed by atoms with van der Waals surface area (Å²) in [7, 11) is 0. The quantitative estimate of drug-likeness (QED) is 0.836. The first-order valence-electron chi connectivity index (χ1n) is 6.93. The Labute approximate surface area is 108 Å². The molecule has 96 valence electrons. The molecule has 0 radical (unpaired) electrons. The molecule has 1 fully saturated rings. The average Bonchev–Trinajstić information content (AvgIpc) is 2.40. The molecule has 2 aliphatic rings. The summed E-state index contributed by atoms with van der Waals surface area (Å²) < 4.78 is 0. The molecule has 1 atom stereocenters. The monoisotopic (exact) mass is 244 g/mol. The predicted octanol–water partition coefficient (Wildman–Crippen LogP) is 2.11. The zero-order valence-corrected chi connectivity index (χ0v) is 10.7. The van der Waals surface area contributed by atoms with Gasteiger partial charge < -0.3 is 10.6 Å². The number of hydrogen-bond donors (Lipinski definition) is 2. The Hall–Kier alpha value is -1.35. The molecule has 1 saturated heterocycles. The smallest absolute Gasteiger partial charge is 0.224 e. The second kappa shape index (κ2) is 5.11. The van der Waals surface area contributed by atoms with Crippen molar-refractivity contribution in [2.45, 2.75) is 32.1 Å². The van der Waals surface area contributed by atoms with Gasteiger partial charge in [-0.2, -0.15) is 0 Å². The average molecular weight is 244 g/mol. The van der Waals surface area contributed by atoms with E-state index in [0.717, 1.165) is 31.0 Å². The molecule has 0 bridgehead atoms. The number of carbonyl (C=O) groups is 1. The van der Waals surface area contributed by atoms with E-state index >= 15 is 0 Å². The van der Waals surface area contributed by atoms with Gasteiger partial charge in [0.25, 0.3) is 0 Å². The van der Waals surface area contributed by atoms with Crippen LogP contribution in [0.2, 0.25) is 0 Å². The minimum atomic E-state index is 0.145. The van der Waals surface area contributed by atoms with Crippen LogP contribution in [0.5, 0.6) is 0 Å².